The Balaban J connectivity index is 1.89. The first-order valence-electron chi connectivity index (χ1n) is 8.66. The highest BCUT2D eigenvalue weighted by atomic mass is 35.5. The molecule has 1 heterocycles. The Labute approximate surface area is 167 Å². The van der Waals surface area contributed by atoms with Crippen molar-refractivity contribution in [1.29, 1.82) is 0 Å². The number of amides is 2. The summed E-state index contributed by atoms with van der Waals surface area (Å²) in [7, 11) is 1.41. The van der Waals surface area contributed by atoms with Crippen LogP contribution in [0.1, 0.15) is 25.3 Å². The van der Waals surface area contributed by atoms with Gasteiger partial charge in [-0.25, -0.2) is 4.39 Å². The Hall–Kier alpha value is -2.86. The highest BCUT2D eigenvalue weighted by molar-refractivity contribution is 6.30. The molecular weight excluding hydrogens is 383 g/mol. The number of benzene rings is 2. The zero-order chi connectivity index (χ0) is 20.5. The molecular formula is C21H20ClFN2O3. The summed E-state index contributed by atoms with van der Waals surface area (Å²) in [6.45, 7) is 3.22. The largest absolute Gasteiger partial charge is 0.498 e. The SMILES string of the molecule is COC1=CN(C(C)(C)C(=O)Nc2cccc(Cl)c2)C(=O)C1c1ccccc1F. The predicted molar refractivity (Wildman–Crippen MR) is 105 cm³/mol. The number of methoxy groups -OCH3 is 1. The third kappa shape index (κ3) is 3.60. The van der Waals surface area contributed by atoms with Crippen LogP contribution >= 0.6 is 11.6 Å². The van der Waals surface area contributed by atoms with E-state index in [1.807, 2.05) is 0 Å². The summed E-state index contributed by atoms with van der Waals surface area (Å²) in [4.78, 5) is 27.3. The molecule has 7 heteroatoms. The number of rotatable bonds is 5. The maximum Gasteiger partial charge on any atom is 0.250 e. The molecule has 0 aliphatic carbocycles. The van der Waals surface area contributed by atoms with Crippen molar-refractivity contribution in [3.8, 4) is 0 Å². The van der Waals surface area contributed by atoms with Gasteiger partial charge in [-0.15, -0.1) is 0 Å². The number of hydrogen-bond donors (Lipinski definition) is 1. The normalized spacial score (nSPS) is 16.8. The third-order valence-corrected chi connectivity index (χ3v) is 4.95. The number of nitrogens with zero attached hydrogens (tertiary/aromatic N) is 1. The van der Waals surface area contributed by atoms with E-state index in [2.05, 4.69) is 5.32 Å². The number of hydrogen-bond acceptors (Lipinski definition) is 3. The van der Waals surface area contributed by atoms with E-state index in [0.717, 1.165) is 0 Å². The minimum atomic E-state index is -1.25. The van der Waals surface area contributed by atoms with Crippen LogP contribution in [0.25, 0.3) is 0 Å². The van der Waals surface area contributed by atoms with Gasteiger partial charge in [0.05, 0.1) is 7.11 Å². The van der Waals surface area contributed by atoms with E-state index in [1.165, 1.54) is 30.3 Å². The third-order valence-electron chi connectivity index (χ3n) is 4.72. The lowest BCUT2D eigenvalue weighted by molar-refractivity contribution is -0.139. The predicted octanol–water partition coefficient (Wildman–Crippen LogP) is 4.31. The summed E-state index contributed by atoms with van der Waals surface area (Å²) in [6, 6.07) is 12.7. The van der Waals surface area contributed by atoms with Gasteiger partial charge < -0.3 is 15.0 Å². The lowest BCUT2D eigenvalue weighted by atomic mass is 9.95. The fourth-order valence-corrected chi connectivity index (χ4v) is 3.28. The Morgan fingerprint density at radius 2 is 1.93 bits per heavy atom. The van der Waals surface area contributed by atoms with Gasteiger partial charge in [0.15, 0.2) is 0 Å². The van der Waals surface area contributed by atoms with Crippen LogP contribution in [0, 0.1) is 5.82 Å². The molecule has 0 saturated heterocycles. The molecule has 1 unspecified atom stereocenters. The molecule has 0 saturated carbocycles. The molecule has 0 bridgehead atoms. The first-order valence-corrected chi connectivity index (χ1v) is 9.04. The standard InChI is InChI=1S/C21H20ClFN2O3/c1-21(2,20(27)24-14-8-6-7-13(22)11-14)25-12-17(28-3)18(19(25)26)15-9-4-5-10-16(15)23/h4-12,18H,1-3H3,(H,24,27). The second-order valence-electron chi connectivity index (χ2n) is 6.92. The maximum atomic E-state index is 14.3. The van der Waals surface area contributed by atoms with E-state index < -0.39 is 29.1 Å². The summed E-state index contributed by atoms with van der Waals surface area (Å²) < 4.78 is 19.6. The molecule has 1 N–H and O–H groups in total. The van der Waals surface area contributed by atoms with E-state index in [-0.39, 0.29) is 11.3 Å². The number of carbonyl (C=O) groups is 2. The topological polar surface area (TPSA) is 58.6 Å². The van der Waals surface area contributed by atoms with Crippen LogP contribution in [0.15, 0.2) is 60.5 Å². The highest BCUT2D eigenvalue weighted by Gasteiger charge is 2.46. The van der Waals surface area contributed by atoms with Crippen LogP contribution in [-0.2, 0) is 14.3 Å². The first-order chi connectivity index (χ1) is 13.3. The number of nitrogens with one attached hydrogen (secondary N) is 1. The summed E-state index contributed by atoms with van der Waals surface area (Å²) in [6.07, 6.45) is 1.46. The van der Waals surface area contributed by atoms with Gasteiger partial charge in [-0.3, -0.25) is 9.59 Å². The quantitative estimate of drug-likeness (QED) is 0.810. The van der Waals surface area contributed by atoms with Crippen LogP contribution in [-0.4, -0.2) is 29.4 Å². The molecule has 0 radical (unpaired) electrons. The summed E-state index contributed by atoms with van der Waals surface area (Å²) in [5.74, 6) is -2.02. The summed E-state index contributed by atoms with van der Waals surface area (Å²) in [5, 5.41) is 3.24. The fraction of sp³-hybridized carbons (Fsp3) is 0.238. The Kier molecular flexibility index (Phi) is 5.42. The zero-order valence-corrected chi connectivity index (χ0v) is 16.5. The fourth-order valence-electron chi connectivity index (χ4n) is 3.09. The van der Waals surface area contributed by atoms with Crippen LogP contribution in [0.2, 0.25) is 5.02 Å². The van der Waals surface area contributed by atoms with Crippen molar-refractivity contribution < 1.29 is 18.7 Å². The van der Waals surface area contributed by atoms with Crippen LogP contribution in [0.4, 0.5) is 10.1 Å². The van der Waals surface area contributed by atoms with Crippen molar-refractivity contribution >= 4 is 29.1 Å². The van der Waals surface area contributed by atoms with Gasteiger partial charge in [-0.1, -0.05) is 35.9 Å². The van der Waals surface area contributed by atoms with Crippen LogP contribution < -0.4 is 5.32 Å². The molecule has 3 rings (SSSR count). The second-order valence-corrected chi connectivity index (χ2v) is 7.36. The van der Waals surface area contributed by atoms with E-state index >= 15 is 0 Å². The number of anilines is 1. The van der Waals surface area contributed by atoms with E-state index in [4.69, 9.17) is 16.3 Å². The molecule has 1 aliphatic rings. The lowest BCUT2D eigenvalue weighted by Crippen LogP contribution is -2.52. The van der Waals surface area contributed by atoms with Crippen molar-refractivity contribution in [3.05, 3.63) is 76.9 Å². The molecule has 1 atom stereocenters. The minimum absolute atomic E-state index is 0.203. The van der Waals surface area contributed by atoms with E-state index in [0.29, 0.717) is 10.7 Å². The van der Waals surface area contributed by atoms with Crippen molar-refractivity contribution in [2.75, 3.05) is 12.4 Å². The lowest BCUT2D eigenvalue weighted by Gasteiger charge is -2.33. The molecule has 28 heavy (non-hydrogen) atoms. The van der Waals surface area contributed by atoms with Crippen molar-refractivity contribution in [1.82, 2.24) is 4.90 Å². The Bertz CT molecular complexity index is 958. The van der Waals surface area contributed by atoms with Crippen LogP contribution in [0.3, 0.4) is 0 Å². The molecule has 146 valence electrons. The minimum Gasteiger partial charge on any atom is -0.498 e. The first kappa shape index (κ1) is 19.9. The van der Waals surface area contributed by atoms with E-state index in [9.17, 15) is 14.0 Å². The van der Waals surface area contributed by atoms with Crippen LogP contribution in [0.5, 0.6) is 0 Å². The van der Waals surface area contributed by atoms with Crippen molar-refractivity contribution in [2.24, 2.45) is 0 Å². The van der Waals surface area contributed by atoms with Crippen molar-refractivity contribution in [3.63, 3.8) is 0 Å². The smallest absolute Gasteiger partial charge is 0.250 e. The van der Waals surface area contributed by atoms with Gasteiger partial charge in [0.25, 0.3) is 0 Å². The highest BCUT2D eigenvalue weighted by Crippen LogP contribution is 2.38. The molecule has 2 amide bonds. The Morgan fingerprint density at radius 1 is 1.21 bits per heavy atom. The molecule has 0 spiro atoms. The zero-order valence-electron chi connectivity index (χ0n) is 15.7. The molecule has 0 aromatic heterocycles. The number of halogens is 2. The average Bonchev–Trinajstić information content (AvgIpc) is 2.99. The van der Waals surface area contributed by atoms with Gasteiger partial charge in [0.2, 0.25) is 11.8 Å². The summed E-state index contributed by atoms with van der Waals surface area (Å²) in [5.41, 5.74) is -0.531. The molecule has 2 aromatic carbocycles. The van der Waals surface area contributed by atoms with Gasteiger partial charge >= 0.3 is 0 Å². The molecule has 0 fully saturated rings. The van der Waals surface area contributed by atoms with Gasteiger partial charge in [-0.05, 0) is 38.1 Å². The number of ether oxygens (including phenoxy) is 1. The van der Waals surface area contributed by atoms with Gasteiger partial charge in [0.1, 0.15) is 23.0 Å². The van der Waals surface area contributed by atoms with E-state index in [1.54, 1.807) is 50.2 Å². The maximum absolute atomic E-state index is 14.3. The molecule has 5 nitrogen and oxygen atoms in total. The average molecular weight is 403 g/mol. The monoisotopic (exact) mass is 402 g/mol. The summed E-state index contributed by atoms with van der Waals surface area (Å²) >= 11 is 5.96. The Morgan fingerprint density at radius 3 is 2.57 bits per heavy atom. The van der Waals surface area contributed by atoms with Gasteiger partial charge in [0, 0.05) is 22.5 Å². The second kappa shape index (κ2) is 7.64. The molecule has 1 aliphatic heterocycles. The van der Waals surface area contributed by atoms with Crippen molar-refractivity contribution in [2.45, 2.75) is 25.3 Å². The van der Waals surface area contributed by atoms with Gasteiger partial charge in [-0.2, -0.15) is 0 Å². The number of carbonyl (C=O) groups excluding carboxylic acids is 2. The molecule has 2 aromatic rings.